The van der Waals surface area contributed by atoms with E-state index in [-0.39, 0.29) is 11.8 Å². The van der Waals surface area contributed by atoms with E-state index in [1.807, 2.05) is 71.0 Å². The molecule has 1 atom stereocenters. The second kappa shape index (κ2) is 10.4. The van der Waals surface area contributed by atoms with Crippen LogP contribution in [0.5, 0.6) is 0 Å². The molecule has 0 saturated carbocycles. The Bertz CT molecular complexity index is 1170. The predicted octanol–water partition coefficient (Wildman–Crippen LogP) is 4.22. The van der Waals surface area contributed by atoms with Crippen LogP contribution in [0.4, 0.5) is 0 Å². The third-order valence-electron chi connectivity index (χ3n) is 5.55. The maximum atomic E-state index is 12.9. The third-order valence-corrected chi connectivity index (χ3v) is 5.80. The molecule has 1 amide bonds. The SMILES string of the molecule is CCN(CCC(C)c1nnc(Cn2nccn2)n1-c1ccc(Cl)cc1)C(=O)c1ccccc1. The lowest BCUT2D eigenvalue weighted by molar-refractivity contribution is 0.0759. The number of halogens is 1. The molecule has 0 fully saturated rings. The van der Waals surface area contributed by atoms with Crippen molar-refractivity contribution in [1.82, 2.24) is 34.7 Å². The number of benzene rings is 2. The van der Waals surface area contributed by atoms with Gasteiger partial charge in [0.15, 0.2) is 5.82 Å². The van der Waals surface area contributed by atoms with E-state index in [4.69, 9.17) is 11.6 Å². The smallest absolute Gasteiger partial charge is 0.253 e. The number of nitrogens with zero attached hydrogens (tertiary/aromatic N) is 7. The third kappa shape index (κ3) is 5.28. The summed E-state index contributed by atoms with van der Waals surface area (Å²) in [4.78, 5) is 16.3. The van der Waals surface area contributed by atoms with Crippen molar-refractivity contribution >= 4 is 17.5 Å². The van der Waals surface area contributed by atoms with Crippen molar-refractivity contribution in [1.29, 1.82) is 0 Å². The van der Waals surface area contributed by atoms with Crippen LogP contribution in [0.2, 0.25) is 5.02 Å². The van der Waals surface area contributed by atoms with Crippen LogP contribution in [-0.2, 0) is 6.54 Å². The van der Waals surface area contributed by atoms with E-state index in [9.17, 15) is 4.79 Å². The monoisotopic (exact) mass is 463 g/mol. The minimum absolute atomic E-state index is 0.0370. The zero-order valence-corrected chi connectivity index (χ0v) is 19.4. The molecular formula is C24H26ClN7O. The van der Waals surface area contributed by atoms with Gasteiger partial charge in [-0.1, -0.05) is 36.7 Å². The van der Waals surface area contributed by atoms with E-state index < -0.39 is 0 Å². The summed E-state index contributed by atoms with van der Waals surface area (Å²) < 4.78 is 2.03. The second-order valence-corrected chi connectivity index (χ2v) is 8.22. The van der Waals surface area contributed by atoms with Crippen molar-refractivity contribution in [3.63, 3.8) is 0 Å². The van der Waals surface area contributed by atoms with Crippen molar-refractivity contribution in [3.05, 3.63) is 89.2 Å². The Morgan fingerprint density at radius 1 is 1.03 bits per heavy atom. The van der Waals surface area contributed by atoms with Gasteiger partial charge in [-0.15, -0.1) is 10.2 Å². The topological polar surface area (TPSA) is 81.7 Å². The van der Waals surface area contributed by atoms with Gasteiger partial charge in [-0.05, 0) is 49.7 Å². The van der Waals surface area contributed by atoms with Gasteiger partial charge in [0.1, 0.15) is 12.4 Å². The lowest BCUT2D eigenvalue weighted by atomic mass is 10.1. The van der Waals surface area contributed by atoms with Gasteiger partial charge in [0.05, 0.1) is 12.4 Å². The summed E-state index contributed by atoms with van der Waals surface area (Å²) in [5.74, 6) is 1.64. The van der Waals surface area contributed by atoms with Gasteiger partial charge in [-0.25, -0.2) is 0 Å². The summed E-state index contributed by atoms with van der Waals surface area (Å²) in [6.45, 7) is 5.75. The summed E-state index contributed by atoms with van der Waals surface area (Å²) in [7, 11) is 0. The van der Waals surface area contributed by atoms with Gasteiger partial charge in [0.25, 0.3) is 5.91 Å². The van der Waals surface area contributed by atoms with Gasteiger partial charge in [-0.3, -0.25) is 9.36 Å². The Hall–Kier alpha value is -3.52. The largest absolute Gasteiger partial charge is 0.339 e. The van der Waals surface area contributed by atoms with E-state index in [1.54, 1.807) is 17.2 Å². The molecule has 0 aliphatic rings. The average molecular weight is 464 g/mol. The highest BCUT2D eigenvalue weighted by molar-refractivity contribution is 6.30. The molecule has 2 aromatic carbocycles. The standard InChI is InChI=1S/C24H26ClN7O/c1-3-30(24(33)19-7-5-4-6-8-19)16-13-18(2)23-29-28-22(17-31-26-14-15-27-31)32(23)21-11-9-20(25)10-12-21/h4-12,14-15,18H,3,13,16-17H2,1-2H3. The molecule has 0 radical (unpaired) electrons. The lowest BCUT2D eigenvalue weighted by Gasteiger charge is -2.23. The Labute approximate surface area is 197 Å². The first kappa shape index (κ1) is 22.7. The zero-order chi connectivity index (χ0) is 23.2. The number of aromatic nitrogens is 6. The van der Waals surface area contributed by atoms with Crippen LogP contribution in [0.3, 0.4) is 0 Å². The van der Waals surface area contributed by atoms with E-state index >= 15 is 0 Å². The van der Waals surface area contributed by atoms with E-state index in [0.29, 0.717) is 30.2 Å². The number of rotatable bonds is 9. The molecule has 1 unspecified atom stereocenters. The number of hydrogen-bond donors (Lipinski definition) is 0. The molecule has 0 saturated heterocycles. The molecule has 0 aliphatic carbocycles. The quantitative estimate of drug-likeness (QED) is 0.371. The van der Waals surface area contributed by atoms with Crippen LogP contribution in [0.25, 0.3) is 5.69 Å². The van der Waals surface area contributed by atoms with Crippen LogP contribution >= 0.6 is 11.6 Å². The van der Waals surface area contributed by atoms with Crippen molar-refractivity contribution in [2.24, 2.45) is 0 Å². The highest BCUT2D eigenvalue weighted by atomic mass is 35.5. The van der Waals surface area contributed by atoms with Gasteiger partial charge in [0, 0.05) is 35.3 Å². The van der Waals surface area contributed by atoms with Crippen molar-refractivity contribution in [3.8, 4) is 5.69 Å². The Balaban J connectivity index is 1.56. The molecule has 170 valence electrons. The minimum Gasteiger partial charge on any atom is -0.339 e. The van der Waals surface area contributed by atoms with E-state index in [1.165, 1.54) is 0 Å². The van der Waals surface area contributed by atoms with Crippen LogP contribution in [0.1, 0.15) is 48.2 Å². The van der Waals surface area contributed by atoms with Crippen LogP contribution < -0.4 is 0 Å². The maximum Gasteiger partial charge on any atom is 0.253 e. The summed E-state index contributed by atoms with van der Waals surface area (Å²) >= 11 is 6.11. The number of amides is 1. The molecule has 0 aliphatic heterocycles. The predicted molar refractivity (Wildman–Crippen MR) is 127 cm³/mol. The first-order chi connectivity index (χ1) is 16.1. The minimum atomic E-state index is 0.0370. The molecule has 2 aromatic heterocycles. The maximum absolute atomic E-state index is 12.9. The highest BCUT2D eigenvalue weighted by Gasteiger charge is 2.22. The van der Waals surface area contributed by atoms with E-state index in [0.717, 1.165) is 23.8 Å². The van der Waals surface area contributed by atoms with Crippen molar-refractivity contribution in [2.75, 3.05) is 13.1 Å². The molecule has 8 nitrogen and oxygen atoms in total. The molecule has 0 N–H and O–H groups in total. The Morgan fingerprint density at radius 3 is 2.39 bits per heavy atom. The zero-order valence-electron chi connectivity index (χ0n) is 18.7. The van der Waals surface area contributed by atoms with Gasteiger partial charge in [-0.2, -0.15) is 15.0 Å². The van der Waals surface area contributed by atoms with Gasteiger partial charge < -0.3 is 4.90 Å². The highest BCUT2D eigenvalue weighted by Crippen LogP contribution is 2.24. The first-order valence-corrected chi connectivity index (χ1v) is 11.3. The molecular weight excluding hydrogens is 438 g/mol. The Kier molecular flexibility index (Phi) is 7.14. The number of carbonyl (C=O) groups is 1. The summed E-state index contributed by atoms with van der Waals surface area (Å²) in [5.41, 5.74) is 1.62. The van der Waals surface area contributed by atoms with Gasteiger partial charge in [0.2, 0.25) is 0 Å². The molecule has 4 rings (SSSR count). The second-order valence-electron chi connectivity index (χ2n) is 7.79. The van der Waals surface area contributed by atoms with E-state index in [2.05, 4.69) is 27.3 Å². The fourth-order valence-electron chi connectivity index (χ4n) is 3.72. The summed E-state index contributed by atoms with van der Waals surface area (Å²) in [5, 5.41) is 18.0. The van der Waals surface area contributed by atoms with Crippen molar-refractivity contribution < 1.29 is 4.79 Å². The summed E-state index contributed by atoms with van der Waals surface area (Å²) in [6, 6.07) is 17.0. The molecule has 0 spiro atoms. The number of hydrogen-bond acceptors (Lipinski definition) is 5. The van der Waals surface area contributed by atoms with Crippen LogP contribution in [0, 0.1) is 0 Å². The fourth-order valence-corrected chi connectivity index (χ4v) is 3.85. The van der Waals surface area contributed by atoms with Crippen LogP contribution in [-0.4, -0.2) is 53.7 Å². The average Bonchev–Trinajstić information content (AvgIpc) is 3.51. The lowest BCUT2D eigenvalue weighted by Crippen LogP contribution is -2.32. The molecule has 2 heterocycles. The molecule has 9 heteroatoms. The fraction of sp³-hybridized carbons (Fsp3) is 0.292. The molecule has 4 aromatic rings. The normalized spacial score (nSPS) is 12.0. The van der Waals surface area contributed by atoms with Gasteiger partial charge >= 0.3 is 0 Å². The first-order valence-electron chi connectivity index (χ1n) is 11.0. The summed E-state index contributed by atoms with van der Waals surface area (Å²) in [6.07, 6.45) is 4.02. The number of carbonyl (C=O) groups excluding carboxylic acids is 1. The van der Waals surface area contributed by atoms with Crippen LogP contribution in [0.15, 0.2) is 67.0 Å². The van der Waals surface area contributed by atoms with Crippen molar-refractivity contribution in [2.45, 2.75) is 32.7 Å². The molecule has 0 bridgehead atoms. The Morgan fingerprint density at radius 2 is 1.73 bits per heavy atom. The molecule has 33 heavy (non-hydrogen) atoms.